The monoisotopic (exact) mass is 143 g/mol. The van der Waals surface area contributed by atoms with Crippen LogP contribution in [-0.4, -0.2) is 16.5 Å². The lowest BCUT2D eigenvalue weighted by atomic mass is 10.2. The van der Waals surface area contributed by atoms with Gasteiger partial charge in [0, 0.05) is 0 Å². The predicted octanol–water partition coefficient (Wildman–Crippen LogP) is 0.769. The molecular weight excluding hydrogens is 133 g/mol. The van der Waals surface area contributed by atoms with E-state index in [1.807, 2.05) is 0 Å². The molecule has 0 aliphatic carbocycles. The van der Waals surface area contributed by atoms with E-state index in [2.05, 4.69) is 9.97 Å². The highest BCUT2D eigenvalue weighted by molar-refractivity contribution is 4.98. The van der Waals surface area contributed by atoms with Gasteiger partial charge in [-0.2, -0.15) is 0 Å². The first-order chi connectivity index (χ1) is 4.84. The molecule has 0 fully saturated rings. The number of H-pyrrole nitrogens is 1. The Morgan fingerprint density at radius 2 is 2.60 bits per heavy atom. The highest BCUT2D eigenvalue weighted by atomic mass is 19.1. The number of hydrogen-bond donors (Lipinski definition) is 2. The van der Waals surface area contributed by atoms with Gasteiger partial charge in [0.05, 0.1) is 18.2 Å². The second kappa shape index (κ2) is 3.31. The van der Waals surface area contributed by atoms with Gasteiger partial charge in [-0.05, 0) is 13.0 Å². The number of imidazole rings is 1. The van der Waals surface area contributed by atoms with Crippen LogP contribution in [-0.2, 0) is 0 Å². The van der Waals surface area contributed by atoms with Gasteiger partial charge in [-0.3, -0.25) is 0 Å². The average Bonchev–Trinajstić information content (AvgIpc) is 2.38. The summed E-state index contributed by atoms with van der Waals surface area (Å²) in [6.45, 7) is 0.361. The molecule has 1 heterocycles. The van der Waals surface area contributed by atoms with Gasteiger partial charge in [-0.15, -0.1) is 0 Å². The molecule has 1 aromatic rings. The number of alkyl halides is 1. The van der Waals surface area contributed by atoms with Crippen LogP contribution in [0.3, 0.4) is 0 Å². The van der Waals surface area contributed by atoms with Gasteiger partial charge < -0.3 is 10.7 Å². The van der Waals surface area contributed by atoms with Crippen LogP contribution < -0.4 is 5.73 Å². The number of aromatic nitrogens is 2. The summed E-state index contributed by atoms with van der Waals surface area (Å²) in [5, 5.41) is 0. The molecule has 3 nitrogen and oxygen atoms in total. The van der Waals surface area contributed by atoms with E-state index in [1.54, 1.807) is 0 Å². The highest BCUT2D eigenvalue weighted by Gasteiger charge is 2.08. The van der Waals surface area contributed by atoms with Gasteiger partial charge in [-0.1, -0.05) is 0 Å². The van der Waals surface area contributed by atoms with Crippen molar-refractivity contribution in [1.82, 2.24) is 9.97 Å². The smallest absolute Gasteiger partial charge is 0.142 e. The molecule has 0 saturated heterocycles. The Kier molecular flexibility index (Phi) is 2.39. The van der Waals surface area contributed by atoms with E-state index < -0.39 is 6.17 Å². The molecule has 3 N–H and O–H groups in total. The van der Waals surface area contributed by atoms with Crippen molar-refractivity contribution in [2.75, 3.05) is 6.54 Å². The quantitative estimate of drug-likeness (QED) is 0.656. The van der Waals surface area contributed by atoms with Crippen LogP contribution in [0.2, 0.25) is 0 Å². The third kappa shape index (κ3) is 1.54. The zero-order valence-electron chi connectivity index (χ0n) is 5.55. The van der Waals surface area contributed by atoms with Crippen LogP contribution >= 0.6 is 0 Å². The molecule has 0 spiro atoms. The Labute approximate surface area is 58.5 Å². The minimum atomic E-state index is -0.993. The molecular formula is C6H10FN3. The van der Waals surface area contributed by atoms with E-state index in [0.717, 1.165) is 0 Å². The molecule has 0 aliphatic heterocycles. The molecule has 56 valence electrons. The largest absolute Gasteiger partial charge is 0.346 e. The van der Waals surface area contributed by atoms with Crippen molar-refractivity contribution in [2.45, 2.75) is 12.6 Å². The maximum Gasteiger partial charge on any atom is 0.142 e. The summed E-state index contributed by atoms with van der Waals surface area (Å²) in [5.41, 5.74) is 5.67. The third-order valence-corrected chi connectivity index (χ3v) is 1.28. The number of aromatic amines is 1. The van der Waals surface area contributed by atoms with Crippen LogP contribution in [0.5, 0.6) is 0 Å². The van der Waals surface area contributed by atoms with Gasteiger partial charge in [0.25, 0.3) is 0 Å². The summed E-state index contributed by atoms with van der Waals surface area (Å²) < 4.78 is 12.8. The summed E-state index contributed by atoms with van der Waals surface area (Å²) in [5.74, 6) is 0. The Balaban J connectivity index is 2.50. The van der Waals surface area contributed by atoms with Crippen molar-refractivity contribution in [3.8, 4) is 0 Å². The molecule has 1 unspecified atom stereocenters. The summed E-state index contributed by atoms with van der Waals surface area (Å²) in [7, 11) is 0. The number of hydrogen-bond acceptors (Lipinski definition) is 2. The normalized spacial score (nSPS) is 13.4. The number of nitrogens with one attached hydrogen (secondary N) is 1. The molecule has 1 rings (SSSR count). The Bertz CT molecular complexity index is 173. The van der Waals surface area contributed by atoms with Crippen LogP contribution in [0.1, 0.15) is 18.3 Å². The molecule has 10 heavy (non-hydrogen) atoms. The van der Waals surface area contributed by atoms with E-state index >= 15 is 0 Å². The maximum absolute atomic E-state index is 12.8. The van der Waals surface area contributed by atoms with Crippen molar-refractivity contribution >= 4 is 0 Å². The van der Waals surface area contributed by atoms with Crippen LogP contribution in [0, 0.1) is 0 Å². The molecule has 4 heteroatoms. The van der Waals surface area contributed by atoms with Crippen molar-refractivity contribution in [3.63, 3.8) is 0 Å². The van der Waals surface area contributed by atoms with E-state index in [0.29, 0.717) is 18.7 Å². The van der Waals surface area contributed by atoms with Gasteiger partial charge >= 0.3 is 0 Å². The lowest BCUT2D eigenvalue weighted by Crippen LogP contribution is -2.03. The summed E-state index contributed by atoms with van der Waals surface area (Å²) >= 11 is 0. The first kappa shape index (κ1) is 7.21. The second-order valence-corrected chi connectivity index (χ2v) is 2.05. The van der Waals surface area contributed by atoms with Gasteiger partial charge in [0.15, 0.2) is 0 Å². The molecule has 1 aromatic heterocycles. The molecule has 0 radical (unpaired) electrons. The number of nitrogens with two attached hydrogens (primary N) is 1. The lowest BCUT2D eigenvalue weighted by molar-refractivity contribution is 0.321. The fourth-order valence-electron chi connectivity index (χ4n) is 0.740. The lowest BCUT2D eigenvalue weighted by Gasteiger charge is -2.01. The zero-order chi connectivity index (χ0) is 7.40. The molecule has 0 amide bonds. The fourth-order valence-corrected chi connectivity index (χ4v) is 0.740. The van der Waals surface area contributed by atoms with Crippen molar-refractivity contribution < 1.29 is 4.39 Å². The van der Waals surface area contributed by atoms with E-state index in [-0.39, 0.29) is 0 Å². The maximum atomic E-state index is 12.8. The van der Waals surface area contributed by atoms with E-state index in [9.17, 15) is 4.39 Å². The van der Waals surface area contributed by atoms with Crippen molar-refractivity contribution in [3.05, 3.63) is 18.2 Å². The molecule has 0 aliphatic rings. The summed E-state index contributed by atoms with van der Waals surface area (Å²) in [6, 6.07) is 0. The first-order valence-corrected chi connectivity index (χ1v) is 3.17. The molecule has 0 saturated carbocycles. The fraction of sp³-hybridized carbons (Fsp3) is 0.500. The minimum absolute atomic E-state index is 0.349. The van der Waals surface area contributed by atoms with Crippen LogP contribution in [0.25, 0.3) is 0 Å². The summed E-state index contributed by atoms with van der Waals surface area (Å²) in [6.07, 6.45) is 2.29. The topological polar surface area (TPSA) is 54.7 Å². The standard InChI is InChI=1S/C6H10FN3/c7-5(1-2-8)6-3-9-4-10-6/h3-5H,1-2,8H2,(H,9,10). The number of halogens is 1. The number of nitrogens with zero attached hydrogens (tertiary/aromatic N) is 1. The van der Waals surface area contributed by atoms with Gasteiger partial charge in [0.2, 0.25) is 0 Å². The number of rotatable bonds is 3. The third-order valence-electron chi connectivity index (χ3n) is 1.28. The second-order valence-electron chi connectivity index (χ2n) is 2.05. The Morgan fingerprint density at radius 1 is 1.80 bits per heavy atom. The van der Waals surface area contributed by atoms with Crippen molar-refractivity contribution in [1.29, 1.82) is 0 Å². The van der Waals surface area contributed by atoms with Gasteiger partial charge in [0.1, 0.15) is 6.17 Å². The van der Waals surface area contributed by atoms with Crippen LogP contribution in [0.4, 0.5) is 4.39 Å². The Morgan fingerprint density at radius 3 is 3.10 bits per heavy atom. The summed E-state index contributed by atoms with van der Waals surface area (Å²) in [4.78, 5) is 6.37. The minimum Gasteiger partial charge on any atom is -0.346 e. The average molecular weight is 143 g/mol. The van der Waals surface area contributed by atoms with Gasteiger partial charge in [-0.25, -0.2) is 9.37 Å². The first-order valence-electron chi connectivity index (χ1n) is 3.17. The Hall–Kier alpha value is -0.900. The van der Waals surface area contributed by atoms with Crippen LogP contribution in [0.15, 0.2) is 12.5 Å². The molecule has 1 atom stereocenters. The zero-order valence-corrected chi connectivity index (χ0v) is 5.55. The SMILES string of the molecule is NCCC(F)c1cnc[nH]1. The van der Waals surface area contributed by atoms with E-state index in [4.69, 9.17) is 5.73 Å². The highest BCUT2D eigenvalue weighted by Crippen LogP contribution is 2.16. The van der Waals surface area contributed by atoms with Crippen molar-refractivity contribution in [2.24, 2.45) is 5.73 Å². The molecule has 0 aromatic carbocycles. The van der Waals surface area contributed by atoms with E-state index in [1.165, 1.54) is 12.5 Å². The molecule has 0 bridgehead atoms. The predicted molar refractivity (Wildman–Crippen MR) is 36.1 cm³/mol.